The molecule has 18 heavy (non-hydrogen) atoms. The van der Waals surface area contributed by atoms with E-state index in [9.17, 15) is 14.3 Å². The Bertz CT molecular complexity index is 467. The largest absolute Gasteiger partial charge is 0.504 e. The van der Waals surface area contributed by atoms with Crippen LogP contribution < -0.4 is 10.5 Å². The molecule has 5 nitrogen and oxygen atoms in total. The summed E-state index contributed by atoms with van der Waals surface area (Å²) in [5.74, 6) is -1.98. The number of phenolic OH excluding ortho intramolecular Hbond substituents is 1. The van der Waals surface area contributed by atoms with Gasteiger partial charge in [0.2, 0.25) is 0 Å². The van der Waals surface area contributed by atoms with Gasteiger partial charge in [0.05, 0.1) is 11.6 Å². The van der Waals surface area contributed by atoms with Crippen LogP contribution in [0.15, 0.2) is 10.5 Å². The highest BCUT2D eigenvalue weighted by molar-refractivity contribution is 9.10. The average Bonchev–Trinajstić information content (AvgIpc) is 2.31. The standard InChI is InChI=1S/C11H13BrFNO4/c1-18-7-4-5(13)10(12)9(11(7)17)6(14)2-3-8(15)16/h4,6,17H,2-3,14H2,1H3,(H,15,16). The summed E-state index contributed by atoms with van der Waals surface area (Å²) >= 11 is 2.98. The molecule has 0 saturated heterocycles. The number of ether oxygens (including phenoxy) is 1. The quantitative estimate of drug-likeness (QED) is 0.772. The first-order chi connectivity index (χ1) is 8.38. The van der Waals surface area contributed by atoms with Gasteiger partial charge in [0.25, 0.3) is 0 Å². The maximum atomic E-state index is 13.6. The van der Waals surface area contributed by atoms with Crippen LogP contribution in [0, 0.1) is 5.82 Å². The summed E-state index contributed by atoms with van der Waals surface area (Å²) in [5, 5.41) is 18.5. The number of phenols is 1. The van der Waals surface area contributed by atoms with E-state index in [1.807, 2.05) is 0 Å². The first kappa shape index (κ1) is 14.7. The molecule has 1 unspecified atom stereocenters. The number of aliphatic carboxylic acids is 1. The third-order valence-electron chi connectivity index (χ3n) is 2.45. The van der Waals surface area contributed by atoms with Gasteiger partial charge in [-0.1, -0.05) is 0 Å². The van der Waals surface area contributed by atoms with Gasteiger partial charge in [0.1, 0.15) is 5.82 Å². The summed E-state index contributed by atoms with van der Waals surface area (Å²) in [6, 6.07) is 0.215. The zero-order chi connectivity index (χ0) is 13.9. The first-order valence-corrected chi connectivity index (χ1v) is 5.90. The Morgan fingerprint density at radius 3 is 2.78 bits per heavy atom. The molecule has 0 heterocycles. The van der Waals surface area contributed by atoms with Crippen molar-refractivity contribution in [3.8, 4) is 11.5 Å². The van der Waals surface area contributed by atoms with Crippen LogP contribution in [0.5, 0.6) is 11.5 Å². The van der Waals surface area contributed by atoms with Gasteiger partial charge < -0.3 is 20.7 Å². The van der Waals surface area contributed by atoms with Crippen molar-refractivity contribution < 1.29 is 24.1 Å². The van der Waals surface area contributed by atoms with Crippen molar-refractivity contribution in [2.24, 2.45) is 5.73 Å². The van der Waals surface area contributed by atoms with E-state index in [-0.39, 0.29) is 34.4 Å². The minimum absolute atomic E-state index is 0.0127. The highest BCUT2D eigenvalue weighted by atomic mass is 79.9. The van der Waals surface area contributed by atoms with E-state index in [1.165, 1.54) is 7.11 Å². The molecule has 0 aliphatic rings. The second-order valence-electron chi connectivity index (χ2n) is 3.68. The molecule has 0 aliphatic carbocycles. The van der Waals surface area contributed by atoms with E-state index >= 15 is 0 Å². The Hall–Kier alpha value is -1.34. The molecule has 4 N–H and O–H groups in total. The van der Waals surface area contributed by atoms with Crippen molar-refractivity contribution in [3.05, 3.63) is 21.9 Å². The Labute approximate surface area is 111 Å². The lowest BCUT2D eigenvalue weighted by Gasteiger charge is -2.17. The molecule has 1 rings (SSSR count). The Kier molecular flexibility index (Phi) is 4.92. The second kappa shape index (κ2) is 6.01. The third-order valence-corrected chi connectivity index (χ3v) is 3.26. The number of carboxylic acids is 1. The van der Waals surface area contributed by atoms with Gasteiger partial charge in [-0.15, -0.1) is 0 Å². The van der Waals surface area contributed by atoms with E-state index < -0.39 is 17.8 Å². The van der Waals surface area contributed by atoms with Gasteiger partial charge in [-0.25, -0.2) is 4.39 Å². The van der Waals surface area contributed by atoms with Gasteiger partial charge in [0, 0.05) is 24.1 Å². The topological polar surface area (TPSA) is 92.8 Å². The van der Waals surface area contributed by atoms with Gasteiger partial charge >= 0.3 is 5.97 Å². The molecule has 1 aromatic rings. The summed E-state index contributed by atoms with van der Waals surface area (Å²) in [6.07, 6.45) is -0.0972. The SMILES string of the molecule is COc1cc(F)c(Br)c(C(N)CCC(=O)O)c1O. The molecule has 0 aliphatic heterocycles. The zero-order valence-corrected chi connectivity index (χ0v) is 11.2. The summed E-state index contributed by atoms with van der Waals surface area (Å²) in [5.41, 5.74) is 5.87. The molecular weight excluding hydrogens is 309 g/mol. The lowest BCUT2D eigenvalue weighted by atomic mass is 10.0. The van der Waals surface area contributed by atoms with E-state index in [4.69, 9.17) is 15.6 Å². The van der Waals surface area contributed by atoms with E-state index in [2.05, 4.69) is 15.9 Å². The molecule has 0 bridgehead atoms. The number of benzene rings is 1. The van der Waals surface area contributed by atoms with Crippen molar-refractivity contribution in [1.29, 1.82) is 0 Å². The predicted molar refractivity (Wildman–Crippen MR) is 66.1 cm³/mol. The fourth-order valence-corrected chi connectivity index (χ4v) is 2.13. The van der Waals surface area contributed by atoms with E-state index in [1.54, 1.807) is 0 Å². The van der Waals surface area contributed by atoms with Gasteiger partial charge in [-0.3, -0.25) is 4.79 Å². The maximum Gasteiger partial charge on any atom is 0.303 e. The molecule has 1 atom stereocenters. The second-order valence-corrected chi connectivity index (χ2v) is 4.47. The van der Waals surface area contributed by atoms with Crippen LogP contribution in [0.4, 0.5) is 4.39 Å². The molecule has 0 radical (unpaired) electrons. The monoisotopic (exact) mass is 321 g/mol. The lowest BCUT2D eigenvalue weighted by Crippen LogP contribution is -2.14. The molecule has 0 fully saturated rings. The number of hydrogen-bond acceptors (Lipinski definition) is 4. The van der Waals surface area contributed by atoms with Crippen LogP contribution in [-0.2, 0) is 4.79 Å². The molecule has 0 spiro atoms. The number of nitrogens with two attached hydrogens (primary N) is 1. The lowest BCUT2D eigenvalue weighted by molar-refractivity contribution is -0.137. The first-order valence-electron chi connectivity index (χ1n) is 5.10. The number of rotatable bonds is 5. The Balaban J connectivity index is 3.13. The summed E-state index contributed by atoms with van der Waals surface area (Å²) in [4.78, 5) is 10.5. The number of halogens is 2. The van der Waals surface area contributed by atoms with Crippen LogP contribution in [0.25, 0.3) is 0 Å². The smallest absolute Gasteiger partial charge is 0.303 e. The van der Waals surface area contributed by atoms with Gasteiger partial charge in [0.15, 0.2) is 11.5 Å². The van der Waals surface area contributed by atoms with Crippen LogP contribution in [0.3, 0.4) is 0 Å². The highest BCUT2D eigenvalue weighted by Crippen LogP contribution is 2.41. The zero-order valence-electron chi connectivity index (χ0n) is 9.61. The summed E-state index contributed by atoms with van der Waals surface area (Å²) in [7, 11) is 1.29. The summed E-state index contributed by atoms with van der Waals surface area (Å²) < 4.78 is 18.4. The molecule has 1 aromatic carbocycles. The van der Waals surface area contributed by atoms with Crippen molar-refractivity contribution in [3.63, 3.8) is 0 Å². The molecule has 0 saturated carbocycles. The molecular formula is C11H13BrFNO4. The van der Waals surface area contributed by atoms with Crippen LogP contribution in [0.2, 0.25) is 0 Å². The minimum atomic E-state index is -1.01. The number of methoxy groups -OCH3 is 1. The van der Waals surface area contributed by atoms with Crippen molar-refractivity contribution >= 4 is 21.9 Å². The van der Waals surface area contributed by atoms with Gasteiger partial charge in [-0.2, -0.15) is 0 Å². The van der Waals surface area contributed by atoms with Crippen LogP contribution >= 0.6 is 15.9 Å². The molecule has 0 aromatic heterocycles. The molecule has 7 heteroatoms. The maximum absolute atomic E-state index is 13.6. The number of carbonyl (C=O) groups is 1. The molecule has 100 valence electrons. The number of hydrogen-bond donors (Lipinski definition) is 3. The number of carboxylic acid groups (broad SMARTS) is 1. The van der Waals surface area contributed by atoms with Crippen LogP contribution in [0.1, 0.15) is 24.4 Å². The highest BCUT2D eigenvalue weighted by Gasteiger charge is 2.22. The minimum Gasteiger partial charge on any atom is -0.504 e. The third kappa shape index (κ3) is 3.11. The number of aromatic hydroxyl groups is 1. The van der Waals surface area contributed by atoms with Crippen molar-refractivity contribution in [2.45, 2.75) is 18.9 Å². The van der Waals surface area contributed by atoms with E-state index in [0.29, 0.717) is 0 Å². The van der Waals surface area contributed by atoms with Crippen molar-refractivity contribution in [2.75, 3.05) is 7.11 Å². The fourth-order valence-electron chi connectivity index (χ4n) is 1.53. The average molecular weight is 322 g/mol. The summed E-state index contributed by atoms with van der Waals surface area (Å²) in [6.45, 7) is 0. The Morgan fingerprint density at radius 2 is 2.28 bits per heavy atom. The van der Waals surface area contributed by atoms with Crippen molar-refractivity contribution in [1.82, 2.24) is 0 Å². The van der Waals surface area contributed by atoms with Gasteiger partial charge in [-0.05, 0) is 22.4 Å². The molecule has 0 amide bonds. The fraction of sp³-hybridized carbons (Fsp3) is 0.364. The normalized spacial score (nSPS) is 12.2. The predicted octanol–water partition coefficient (Wildman–Crippen LogP) is 2.17. The van der Waals surface area contributed by atoms with Crippen LogP contribution in [-0.4, -0.2) is 23.3 Å². The Morgan fingerprint density at radius 1 is 1.67 bits per heavy atom. The van der Waals surface area contributed by atoms with E-state index in [0.717, 1.165) is 6.07 Å².